The number of carbonyl (C=O) groups is 1. The van der Waals surface area contributed by atoms with Gasteiger partial charge in [-0.25, -0.2) is 14.8 Å². The fourth-order valence-corrected chi connectivity index (χ4v) is 3.35. The van der Waals surface area contributed by atoms with E-state index in [4.69, 9.17) is 37.8 Å². The van der Waals surface area contributed by atoms with Crippen LogP contribution in [-0.2, 0) is 24.6 Å². The van der Waals surface area contributed by atoms with E-state index in [0.29, 0.717) is 35.6 Å². The third-order valence-electron chi connectivity index (χ3n) is 4.64. The van der Waals surface area contributed by atoms with Crippen LogP contribution in [0.15, 0.2) is 84.9 Å². The summed E-state index contributed by atoms with van der Waals surface area (Å²) >= 11 is 11.6. The molecule has 0 fully saturated rings. The topological polar surface area (TPSA) is 90.8 Å². The average molecular weight is 527 g/mol. The molecule has 0 unspecified atom stereocenters. The molecule has 0 spiro atoms. The summed E-state index contributed by atoms with van der Waals surface area (Å²) in [7, 11) is 1.29. The number of aliphatic hydroxyl groups excluding tert-OH is 1. The molecule has 1 N–H and O–H groups in total. The zero-order valence-corrected chi connectivity index (χ0v) is 20.9. The summed E-state index contributed by atoms with van der Waals surface area (Å²) in [5, 5.41) is 9.50. The summed E-state index contributed by atoms with van der Waals surface area (Å²) < 4.78 is 15.7. The van der Waals surface area contributed by atoms with Gasteiger partial charge in [-0.15, -0.1) is 0 Å². The Morgan fingerprint density at radius 1 is 0.778 bits per heavy atom. The molecular formula is C27H24Cl2N2O5. The third-order valence-corrected chi connectivity index (χ3v) is 5.03. The van der Waals surface area contributed by atoms with Crippen LogP contribution >= 0.6 is 23.2 Å². The standard InChI is InChI=1S/C14H12ClNO3.C13H12ClNO2/c1-18-14(17)12-7-11(8-13(15)16-12)19-9-10-5-3-2-4-6-10;14-13-7-12(6-11(8-16)15-13)17-9-10-4-2-1-3-5-10/h2-8H,9H2,1H3;1-7,16H,8-9H2. The Morgan fingerprint density at radius 3 is 1.78 bits per heavy atom. The van der Waals surface area contributed by atoms with E-state index in [0.717, 1.165) is 11.1 Å². The van der Waals surface area contributed by atoms with Gasteiger partial charge in [-0.2, -0.15) is 0 Å². The lowest BCUT2D eigenvalue weighted by molar-refractivity contribution is 0.0593. The van der Waals surface area contributed by atoms with Crippen molar-refractivity contribution in [3.63, 3.8) is 0 Å². The number of esters is 1. The van der Waals surface area contributed by atoms with Crippen molar-refractivity contribution >= 4 is 29.2 Å². The molecule has 4 rings (SSSR count). The minimum Gasteiger partial charge on any atom is -0.489 e. The lowest BCUT2D eigenvalue weighted by atomic mass is 10.2. The number of halogens is 2. The maximum atomic E-state index is 11.4. The molecule has 0 aliphatic carbocycles. The second kappa shape index (κ2) is 14.0. The number of benzene rings is 2. The summed E-state index contributed by atoms with van der Waals surface area (Å²) in [6, 6.07) is 25.9. The molecular weight excluding hydrogens is 503 g/mol. The fourth-order valence-electron chi connectivity index (χ4n) is 2.94. The van der Waals surface area contributed by atoms with Crippen LogP contribution in [0.4, 0.5) is 0 Å². The maximum Gasteiger partial charge on any atom is 0.356 e. The van der Waals surface area contributed by atoms with Gasteiger partial charge in [-0.05, 0) is 11.1 Å². The molecule has 2 aromatic carbocycles. The van der Waals surface area contributed by atoms with Crippen LogP contribution in [0.5, 0.6) is 11.5 Å². The van der Waals surface area contributed by atoms with Gasteiger partial charge < -0.3 is 19.3 Å². The number of rotatable bonds is 8. The Morgan fingerprint density at radius 2 is 1.28 bits per heavy atom. The molecule has 36 heavy (non-hydrogen) atoms. The number of hydrogen-bond acceptors (Lipinski definition) is 7. The van der Waals surface area contributed by atoms with Crippen molar-refractivity contribution in [1.82, 2.24) is 9.97 Å². The maximum absolute atomic E-state index is 11.4. The number of aliphatic hydroxyl groups is 1. The Hall–Kier alpha value is -3.65. The minimum atomic E-state index is -0.549. The molecule has 7 nitrogen and oxygen atoms in total. The highest BCUT2D eigenvalue weighted by Gasteiger charge is 2.11. The summed E-state index contributed by atoms with van der Waals surface area (Å²) in [5.41, 5.74) is 2.72. The normalized spacial score (nSPS) is 10.1. The van der Waals surface area contributed by atoms with Gasteiger partial charge >= 0.3 is 5.97 Å². The van der Waals surface area contributed by atoms with Crippen LogP contribution in [0.3, 0.4) is 0 Å². The predicted octanol–water partition coefficient (Wildman–Crippen LogP) is 5.91. The van der Waals surface area contributed by atoms with Gasteiger partial charge in [0.15, 0.2) is 5.69 Å². The van der Waals surface area contributed by atoms with E-state index in [1.165, 1.54) is 13.2 Å². The van der Waals surface area contributed by atoms with Gasteiger partial charge in [-0.1, -0.05) is 83.9 Å². The molecule has 2 aromatic heterocycles. The SMILES string of the molecule is COC(=O)c1cc(OCc2ccccc2)cc(Cl)n1.OCc1cc(OCc2ccccc2)cc(Cl)n1. The van der Waals surface area contributed by atoms with Crippen LogP contribution in [0, 0.1) is 0 Å². The number of carbonyl (C=O) groups excluding carboxylic acids is 1. The second-order valence-electron chi connectivity index (χ2n) is 7.33. The molecule has 0 atom stereocenters. The van der Waals surface area contributed by atoms with Crippen LogP contribution in [0.1, 0.15) is 27.3 Å². The number of methoxy groups -OCH3 is 1. The van der Waals surface area contributed by atoms with Crippen molar-refractivity contribution in [1.29, 1.82) is 0 Å². The first-order valence-corrected chi connectivity index (χ1v) is 11.6. The Balaban J connectivity index is 0.000000202. The van der Waals surface area contributed by atoms with Gasteiger partial charge in [0, 0.05) is 24.3 Å². The zero-order valence-electron chi connectivity index (χ0n) is 19.4. The fraction of sp³-hybridized carbons (Fsp3) is 0.148. The molecule has 2 heterocycles. The van der Waals surface area contributed by atoms with Gasteiger partial charge in [0.05, 0.1) is 19.4 Å². The first kappa shape index (κ1) is 26.9. The van der Waals surface area contributed by atoms with E-state index in [-0.39, 0.29) is 17.5 Å². The Bertz CT molecular complexity index is 1260. The molecule has 9 heteroatoms. The van der Waals surface area contributed by atoms with Crippen molar-refractivity contribution in [3.05, 3.63) is 118 Å². The van der Waals surface area contributed by atoms with Crippen molar-refractivity contribution in [2.75, 3.05) is 7.11 Å². The average Bonchev–Trinajstić information content (AvgIpc) is 2.91. The monoisotopic (exact) mass is 526 g/mol. The van der Waals surface area contributed by atoms with E-state index < -0.39 is 5.97 Å². The quantitative estimate of drug-likeness (QED) is 0.225. The number of aromatic nitrogens is 2. The van der Waals surface area contributed by atoms with Crippen molar-refractivity contribution in [2.45, 2.75) is 19.8 Å². The second-order valence-corrected chi connectivity index (χ2v) is 8.10. The number of ether oxygens (including phenoxy) is 3. The van der Waals surface area contributed by atoms with Gasteiger partial charge in [0.25, 0.3) is 0 Å². The van der Waals surface area contributed by atoms with Crippen molar-refractivity contribution < 1.29 is 24.1 Å². The first-order chi connectivity index (χ1) is 17.5. The predicted molar refractivity (Wildman–Crippen MR) is 137 cm³/mol. The largest absolute Gasteiger partial charge is 0.489 e. The zero-order chi connectivity index (χ0) is 25.8. The Labute approximate surface area is 219 Å². The van der Waals surface area contributed by atoms with E-state index >= 15 is 0 Å². The summed E-state index contributed by atoms with van der Waals surface area (Å²) in [6.07, 6.45) is 0. The smallest absolute Gasteiger partial charge is 0.356 e. The highest BCUT2D eigenvalue weighted by Crippen LogP contribution is 2.20. The Kier molecular flexibility index (Phi) is 10.5. The lowest BCUT2D eigenvalue weighted by Gasteiger charge is -2.08. The minimum absolute atomic E-state index is 0.123. The number of hydrogen-bond donors (Lipinski definition) is 1. The van der Waals surface area contributed by atoms with Crippen molar-refractivity contribution in [3.8, 4) is 11.5 Å². The van der Waals surface area contributed by atoms with E-state index in [1.807, 2.05) is 60.7 Å². The molecule has 0 saturated carbocycles. The molecule has 186 valence electrons. The summed E-state index contributed by atoms with van der Waals surface area (Å²) in [4.78, 5) is 19.2. The molecule has 0 radical (unpaired) electrons. The first-order valence-electron chi connectivity index (χ1n) is 10.8. The highest BCUT2D eigenvalue weighted by molar-refractivity contribution is 6.29. The van der Waals surface area contributed by atoms with Crippen LogP contribution in [0.25, 0.3) is 0 Å². The molecule has 0 amide bonds. The summed E-state index contributed by atoms with van der Waals surface area (Å²) in [6.45, 7) is 0.704. The summed E-state index contributed by atoms with van der Waals surface area (Å²) in [5.74, 6) is 0.536. The molecule has 0 aliphatic rings. The lowest BCUT2D eigenvalue weighted by Crippen LogP contribution is -2.05. The molecule has 0 saturated heterocycles. The van der Waals surface area contributed by atoms with Crippen molar-refractivity contribution in [2.24, 2.45) is 0 Å². The van der Waals surface area contributed by atoms with Crippen LogP contribution in [0.2, 0.25) is 10.3 Å². The highest BCUT2D eigenvalue weighted by atomic mass is 35.5. The number of pyridine rings is 2. The van der Waals surface area contributed by atoms with E-state index in [2.05, 4.69) is 14.7 Å². The third kappa shape index (κ3) is 8.85. The number of nitrogens with zero attached hydrogens (tertiary/aromatic N) is 2. The van der Waals surface area contributed by atoms with Gasteiger partial charge in [-0.3, -0.25) is 0 Å². The molecule has 4 aromatic rings. The van der Waals surface area contributed by atoms with E-state index in [9.17, 15) is 4.79 Å². The molecule has 0 aliphatic heterocycles. The van der Waals surface area contributed by atoms with E-state index in [1.54, 1.807) is 18.2 Å². The molecule has 0 bridgehead atoms. The van der Waals surface area contributed by atoms with Crippen LogP contribution < -0.4 is 9.47 Å². The van der Waals surface area contributed by atoms with Crippen LogP contribution in [-0.4, -0.2) is 28.2 Å². The van der Waals surface area contributed by atoms with Gasteiger partial charge in [0.2, 0.25) is 0 Å². The van der Waals surface area contributed by atoms with Gasteiger partial charge in [0.1, 0.15) is 35.0 Å².